The van der Waals surface area contributed by atoms with Gasteiger partial charge in [0.15, 0.2) is 0 Å². The van der Waals surface area contributed by atoms with Crippen LogP contribution in [0.5, 0.6) is 0 Å². The van der Waals surface area contributed by atoms with Gasteiger partial charge in [-0.15, -0.1) is 11.3 Å². The van der Waals surface area contributed by atoms with Crippen molar-refractivity contribution in [1.82, 2.24) is 14.8 Å². The molecule has 23 heavy (non-hydrogen) atoms. The van der Waals surface area contributed by atoms with E-state index in [9.17, 15) is 0 Å². The molecular weight excluding hydrogens is 308 g/mol. The Morgan fingerprint density at radius 1 is 1.39 bits per heavy atom. The Hall–Kier alpha value is -2.08. The zero-order valence-electron chi connectivity index (χ0n) is 14.2. The minimum atomic E-state index is -0.0589. The van der Waals surface area contributed by atoms with E-state index in [-0.39, 0.29) is 6.04 Å². The number of anilines is 1. The maximum absolute atomic E-state index is 5.68. The maximum Gasteiger partial charge on any atom is 0.136 e. The number of ether oxygens (including phenoxy) is 1. The third-order valence-corrected chi connectivity index (χ3v) is 4.86. The number of rotatable bonds is 4. The lowest BCUT2D eigenvalue weighted by atomic mass is 10.0. The highest BCUT2D eigenvalue weighted by Crippen LogP contribution is 2.40. The standard InChI is InChI=1S/C17H22N4OS/c1-6-7-13(22-5)15-12(4)19-14-8-10(2)20-21(14)16(15)17-18-11(3)9-23-17/h7-9,16,19H,6H2,1-5H3/b13-7+. The Morgan fingerprint density at radius 2 is 2.17 bits per heavy atom. The van der Waals surface area contributed by atoms with Crippen molar-refractivity contribution in [2.24, 2.45) is 0 Å². The van der Waals surface area contributed by atoms with Crippen molar-refractivity contribution in [3.63, 3.8) is 0 Å². The third-order valence-electron chi connectivity index (χ3n) is 3.84. The molecule has 2 aromatic heterocycles. The first-order valence-electron chi connectivity index (χ1n) is 7.75. The van der Waals surface area contributed by atoms with E-state index in [2.05, 4.69) is 41.8 Å². The Balaban J connectivity index is 2.20. The number of nitrogens with zero attached hydrogens (tertiary/aromatic N) is 3. The van der Waals surface area contributed by atoms with E-state index in [4.69, 9.17) is 9.72 Å². The van der Waals surface area contributed by atoms with Gasteiger partial charge in [-0.2, -0.15) is 5.10 Å². The summed E-state index contributed by atoms with van der Waals surface area (Å²) in [5.74, 6) is 1.88. The number of fused-ring (bicyclic) bond motifs is 1. The number of methoxy groups -OCH3 is 1. The molecule has 1 unspecified atom stereocenters. The van der Waals surface area contributed by atoms with Gasteiger partial charge in [-0.25, -0.2) is 9.67 Å². The van der Waals surface area contributed by atoms with Crippen molar-refractivity contribution in [3.8, 4) is 0 Å². The smallest absolute Gasteiger partial charge is 0.136 e. The molecule has 2 aromatic rings. The molecule has 1 aliphatic heterocycles. The Morgan fingerprint density at radius 3 is 2.78 bits per heavy atom. The van der Waals surface area contributed by atoms with Crippen LogP contribution in [0.2, 0.25) is 0 Å². The fourth-order valence-electron chi connectivity index (χ4n) is 2.93. The van der Waals surface area contributed by atoms with Crippen LogP contribution < -0.4 is 5.32 Å². The van der Waals surface area contributed by atoms with Crippen molar-refractivity contribution < 1.29 is 4.74 Å². The van der Waals surface area contributed by atoms with Gasteiger partial charge in [0.25, 0.3) is 0 Å². The van der Waals surface area contributed by atoms with Gasteiger partial charge in [-0.3, -0.25) is 0 Å². The summed E-state index contributed by atoms with van der Waals surface area (Å²) in [4.78, 5) is 4.72. The van der Waals surface area contributed by atoms with Crippen LogP contribution in [0.4, 0.5) is 5.82 Å². The second-order valence-corrected chi connectivity index (χ2v) is 6.58. The third kappa shape index (κ3) is 2.79. The van der Waals surface area contributed by atoms with Crippen LogP contribution in [0.15, 0.2) is 34.6 Å². The number of thiazole rings is 1. The number of hydrogen-bond acceptors (Lipinski definition) is 5. The summed E-state index contributed by atoms with van der Waals surface area (Å²) in [5, 5.41) is 11.2. The van der Waals surface area contributed by atoms with Gasteiger partial charge in [0.1, 0.15) is 22.6 Å². The monoisotopic (exact) mass is 330 g/mol. The van der Waals surface area contributed by atoms with Crippen LogP contribution in [0.1, 0.15) is 42.7 Å². The van der Waals surface area contributed by atoms with E-state index in [1.165, 1.54) is 0 Å². The summed E-state index contributed by atoms with van der Waals surface area (Å²) in [5.41, 5.74) is 4.19. The zero-order valence-corrected chi connectivity index (χ0v) is 15.0. The summed E-state index contributed by atoms with van der Waals surface area (Å²) in [6, 6.07) is 2.00. The van der Waals surface area contributed by atoms with E-state index >= 15 is 0 Å². The topological polar surface area (TPSA) is 52.0 Å². The normalized spacial score (nSPS) is 18.0. The fourth-order valence-corrected chi connectivity index (χ4v) is 3.81. The van der Waals surface area contributed by atoms with Crippen LogP contribution >= 0.6 is 11.3 Å². The molecule has 3 heterocycles. The first-order valence-corrected chi connectivity index (χ1v) is 8.63. The molecular formula is C17H22N4OS. The van der Waals surface area contributed by atoms with Gasteiger partial charge in [0, 0.05) is 28.4 Å². The maximum atomic E-state index is 5.68. The molecule has 0 spiro atoms. The second kappa shape index (κ2) is 6.20. The van der Waals surface area contributed by atoms with E-state index < -0.39 is 0 Å². The molecule has 0 saturated heterocycles. The van der Waals surface area contributed by atoms with Crippen molar-refractivity contribution in [2.45, 2.75) is 40.2 Å². The molecule has 0 aliphatic carbocycles. The average molecular weight is 330 g/mol. The molecule has 0 saturated carbocycles. The quantitative estimate of drug-likeness (QED) is 0.854. The van der Waals surface area contributed by atoms with Gasteiger partial charge in [0.2, 0.25) is 0 Å². The van der Waals surface area contributed by atoms with E-state index in [0.717, 1.165) is 45.7 Å². The molecule has 1 N–H and O–H groups in total. The summed E-state index contributed by atoms with van der Waals surface area (Å²) < 4.78 is 7.69. The summed E-state index contributed by atoms with van der Waals surface area (Å²) >= 11 is 1.66. The van der Waals surface area contributed by atoms with Crippen molar-refractivity contribution in [3.05, 3.63) is 50.9 Å². The van der Waals surface area contributed by atoms with Crippen LogP contribution in [0.3, 0.4) is 0 Å². The lowest BCUT2D eigenvalue weighted by molar-refractivity contribution is 0.290. The molecule has 3 rings (SSSR count). The molecule has 122 valence electrons. The van der Waals surface area contributed by atoms with Crippen LogP contribution in [-0.4, -0.2) is 21.9 Å². The highest BCUT2D eigenvalue weighted by Gasteiger charge is 2.33. The van der Waals surface area contributed by atoms with Crippen molar-refractivity contribution >= 4 is 17.2 Å². The van der Waals surface area contributed by atoms with E-state index in [1.54, 1.807) is 18.4 Å². The molecule has 0 bridgehead atoms. The van der Waals surface area contributed by atoms with Crippen LogP contribution in [-0.2, 0) is 4.74 Å². The SMILES string of the molecule is CC/C=C(/OC)C1=C(C)Nc2cc(C)nn2C1c1nc(C)cs1. The lowest BCUT2D eigenvalue weighted by Crippen LogP contribution is -2.25. The van der Waals surface area contributed by atoms with Crippen LogP contribution in [0, 0.1) is 13.8 Å². The highest BCUT2D eigenvalue weighted by atomic mass is 32.1. The number of allylic oxidation sites excluding steroid dienone is 3. The summed E-state index contributed by atoms with van der Waals surface area (Å²) in [6.45, 7) is 8.21. The number of aryl methyl sites for hydroxylation is 2. The number of aromatic nitrogens is 3. The van der Waals surface area contributed by atoms with Crippen molar-refractivity contribution in [1.29, 1.82) is 0 Å². The largest absolute Gasteiger partial charge is 0.497 e. The van der Waals surface area contributed by atoms with Gasteiger partial charge in [-0.05, 0) is 33.3 Å². The number of nitrogens with one attached hydrogen (secondary N) is 1. The van der Waals surface area contributed by atoms with E-state index in [1.807, 2.05) is 18.5 Å². The van der Waals surface area contributed by atoms with Crippen LogP contribution in [0.25, 0.3) is 0 Å². The second-order valence-electron chi connectivity index (χ2n) is 5.69. The minimum Gasteiger partial charge on any atom is -0.497 e. The fraction of sp³-hybridized carbons (Fsp3) is 0.412. The Labute approximate surface area is 140 Å². The van der Waals surface area contributed by atoms with E-state index in [0.29, 0.717) is 0 Å². The van der Waals surface area contributed by atoms with Gasteiger partial charge < -0.3 is 10.1 Å². The molecule has 0 aromatic carbocycles. The average Bonchev–Trinajstić information content (AvgIpc) is 3.08. The van der Waals surface area contributed by atoms with Crippen molar-refractivity contribution in [2.75, 3.05) is 12.4 Å². The zero-order chi connectivity index (χ0) is 16.6. The number of hydrogen-bond donors (Lipinski definition) is 1. The molecule has 6 heteroatoms. The minimum absolute atomic E-state index is 0.0589. The molecule has 0 radical (unpaired) electrons. The molecule has 0 amide bonds. The molecule has 1 aliphatic rings. The predicted molar refractivity (Wildman–Crippen MR) is 93.7 cm³/mol. The first-order chi connectivity index (χ1) is 11.0. The van der Waals surface area contributed by atoms with Gasteiger partial charge >= 0.3 is 0 Å². The molecule has 1 atom stereocenters. The highest BCUT2D eigenvalue weighted by molar-refractivity contribution is 7.09. The Kier molecular flexibility index (Phi) is 4.26. The molecule has 0 fully saturated rings. The Bertz CT molecular complexity index is 784. The van der Waals surface area contributed by atoms with Gasteiger partial charge in [0.05, 0.1) is 12.8 Å². The molecule has 5 nitrogen and oxygen atoms in total. The summed E-state index contributed by atoms with van der Waals surface area (Å²) in [6.07, 6.45) is 3.02. The lowest BCUT2D eigenvalue weighted by Gasteiger charge is -2.29. The summed E-state index contributed by atoms with van der Waals surface area (Å²) in [7, 11) is 1.72. The van der Waals surface area contributed by atoms with Gasteiger partial charge in [-0.1, -0.05) is 6.92 Å². The predicted octanol–water partition coefficient (Wildman–Crippen LogP) is 4.19. The first kappa shape index (κ1) is 15.8.